The van der Waals surface area contributed by atoms with E-state index in [4.69, 9.17) is 4.74 Å². The average molecular weight is 316 g/mol. The molecule has 1 aromatic carbocycles. The molecule has 4 nitrogen and oxygen atoms in total. The summed E-state index contributed by atoms with van der Waals surface area (Å²) in [6.45, 7) is 5.51. The monoisotopic (exact) mass is 316 g/mol. The summed E-state index contributed by atoms with van der Waals surface area (Å²) in [6.07, 6.45) is 3.55. The molecule has 0 atom stereocenters. The van der Waals surface area contributed by atoms with E-state index in [1.54, 1.807) is 25.4 Å². The molecule has 1 N–H and O–H groups in total. The Morgan fingerprint density at radius 3 is 2.83 bits per heavy atom. The predicted molar refractivity (Wildman–Crippen MR) is 87.3 cm³/mol. The van der Waals surface area contributed by atoms with Crippen molar-refractivity contribution in [2.75, 3.05) is 13.2 Å². The zero-order valence-corrected chi connectivity index (χ0v) is 13.4. The maximum absolute atomic E-state index is 13.5. The maximum atomic E-state index is 13.5. The quantitative estimate of drug-likeness (QED) is 0.798. The highest BCUT2D eigenvalue weighted by Gasteiger charge is 2.10. The lowest BCUT2D eigenvalue weighted by molar-refractivity contribution is -0.142. The van der Waals surface area contributed by atoms with Crippen LogP contribution in [0.15, 0.2) is 36.7 Å². The van der Waals surface area contributed by atoms with Gasteiger partial charge in [0.25, 0.3) is 0 Å². The highest BCUT2D eigenvalue weighted by molar-refractivity contribution is 5.74. The summed E-state index contributed by atoms with van der Waals surface area (Å²) < 4.78 is 18.5. The standard InChI is InChI=1S/C18H21FN2O2/c1-3-20-11-15-9-16(19)5-6-17(15)14-7-13(10-21-12-14)8-18(22)23-4-2/h5-7,9-10,12,20H,3-4,8,11H2,1-2H3. The van der Waals surface area contributed by atoms with Crippen LogP contribution in [0.3, 0.4) is 0 Å². The molecule has 1 heterocycles. The number of hydrogen-bond donors (Lipinski definition) is 1. The Kier molecular flexibility index (Phi) is 6.23. The second-order valence-corrected chi connectivity index (χ2v) is 5.15. The summed E-state index contributed by atoms with van der Waals surface area (Å²) >= 11 is 0. The van der Waals surface area contributed by atoms with Crippen molar-refractivity contribution in [2.45, 2.75) is 26.8 Å². The van der Waals surface area contributed by atoms with Crippen molar-refractivity contribution in [1.82, 2.24) is 10.3 Å². The van der Waals surface area contributed by atoms with Gasteiger partial charge in [0, 0.05) is 24.5 Å². The summed E-state index contributed by atoms with van der Waals surface area (Å²) in [5.41, 5.74) is 3.41. The van der Waals surface area contributed by atoms with Crippen molar-refractivity contribution >= 4 is 5.97 Å². The molecule has 0 fully saturated rings. The van der Waals surface area contributed by atoms with Crippen molar-refractivity contribution in [3.8, 4) is 11.1 Å². The van der Waals surface area contributed by atoms with Gasteiger partial charge in [0.2, 0.25) is 0 Å². The van der Waals surface area contributed by atoms with Crippen LogP contribution >= 0.6 is 0 Å². The first-order valence-corrected chi connectivity index (χ1v) is 7.73. The molecule has 2 rings (SSSR count). The number of hydrogen-bond acceptors (Lipinski definition) is 4. The van der Waals surface area contributed by atoms with E-state index in [9.17, 15) is 9.18 Å². The largest absolute Gasteiger partial charge is 0.466 e. The molecular formula is C18H21FN2O2. The highest BCUT2D eigenvalue weighted by Crippen LogP contribution is 2.25. The molecule has 0 aliphatic rings. The van der Waals surface area contributed by atoms with Crippen molar-refractivity contribution in [3.05, 3.63) is 53.6 Å². The van der Waals surface area contributed by atoms with Crippen LogP contribution in [0.4, 0.5) is 4.39 Å². The lowest BCUT2D eigenvalue weighted by Crippen LogP contribution is -2.13. The van der Waals surface area contributed by atoms with Gasteiger partial charge >= 0.3 is 5.97 Å². The van der Waals surface area contributed by atoms with Crippen LogP contribution in [-0.2, 0) is 22.5 Å². The zero-order chi connectivity index (χ0) is 16.7. The molecule has 0 saturated carbocycles. The fourth-order valence-electron chi connectivity index (χ4n) is 2.36. The molecule has 23 heavy (non-hydrogen) atoms. The van der Waals surface area contributed by atoms with E-state index in [1.165, 1.54) is 12.1 Å². The van der Waals surface area contributed by atoms with Crippen molar-refractivity contribution in [3.63, 3.8) is 0 Å². The highest BCUT2D eigenvalue weighted by atomic mass is 19.1. The van der Waals surface area contributed by atoms with Crippen LogP contribution in [0, 0.1) is 5.82 Å². The van der Waals surface area contributed by atoms with Crippen LogP contribution in [-0.4, -0.2) is 24.1 Å². The van der Waals surface area contributed by atoms with Gasteiger partial charge in [0.1, 0.15) is 5.82 Å². The number of aromatic nitrogens is 1. The summed E-state index contributed by atoms with van der Waals surface area (Å²) in [7, 11) is 0. The number of pyridine rings is 1. The molecule has 122 valence electrons. The fraction of sp³-hybridized carbons (Fsp3) is 0.333. The first kappa shape index (κ1) is 17.1. The Morgan fingerprint density at radius 1 is 1.26 bits per heavy atom. The number of ether oxygens (including phenoxy) is 1. The molecule has 0 spiro atoms. The van der Waals surface area contributed by atoms with E-state index in [1.807, 2.05) is 13.0 Å². The zero-order valence-electron chi connectivity index (χ0n) is 13.4. The number of carbonyl (C=O) groups excluding carboxylic acids is 1. The number of rotatable bonds is 7. The van der Waals surface area contributed by atoms with Gasteiger partial charge in [0.05, 0.1) is 13.0 Å². The number of carbonyl (C=O) groups is 1. The Hall–Kier alpha value is -2.27. The smallest absolute Gasteiger partial charge is 0.310 e. The molecular weight excluding hydrogens is 295 g/mol. The summed E-state index contributed by atoms with van der Waals surface area (Å²) in [5.74, 6) is -0.546. The van der Waals surface area contributed by atoms with Crippen molar-refractivity contribution < 1.29 is 13.9 Å². The van der Waals surface area contributed by atoms with Gasteiger partial charge in [-0.2, -0.15) is 0 Å². The molecule has 0 bridgehead atoms. The van der Waals surface area contributed by atoms with Gasteiger partial charge in [-0.3, -0.25) is 9.78 Å². The molecule has 0 saturated heterocycles. The third kappa shape index (κ3) is 4.86. The maximum Gasteiger partial charge on any atom is 0.310 e. The molecule has 0 aliphatic heterocycles. The molecule has 0 unspecified atom stereocenters. The van der Waals surface area contributed by atoms with Crippen LogP contribution < -0.4 is 5.32 Å². The van der Waals surface area contributed by atoms with Gasteiger partial charge in [0.15, 0.2) is 0 Å². The van der Waals surface area contributed by atoms with Crippen LogP contribution in [0.5, 0.6) is 0 Å². The molecule has 0 amide bonds. The Bertz CT molecular complexity index is 674. The molecule has 5 heteroatoms. The topological polar surface area (TPSA) is 51.2 Å². The van der Waals surface area contributed by atoms with Crippen molar-refractivity contribution in [1.29, 1.82) is 0 Å². The molecule has 2 aromatic rings. The first-order chi connectivity index (χ1) is 11.1. The molecule has 0 aliphatic carbocycles. The SMILES string of the molecule is CCNCc1cc(F)ccc1-c1cncc(CC(=O)OCC)c1. The van der Waals surface area contributed by atoms with Gasteiger partial charge < -0.3 is 10.1 Å². The van der Waals surface area contributed by atoms with E-state index < -0.39 is 0 Å². The minimum atomic E-state index is -0.279. The lowest BCUT2D eigenvalue weighted by Gasteiger charge is -2.11. The number of halogens is 1. The third-order valence-electron chi connectivity index (χ3n) is 3.39. The van der Waals surface area contributed by atoms with E-state index in [0.717, 1.165) is 28.8 Å². The first-order valence-electron chi connectivity index (χ1n) is 7.73. The fourth-order valence-corrected chi connectivity index (χ4v) is 2.36. The van der Waals surface area contributed by atoms with E-state index in [-0.39, 0.29) is 18.2 Å². The number of benzene rings is 1. The van der Waals surface area contributed by atoms with Crippen molar-refractivity contribution in [2.24, 2.45) is 0 Å². The second kappa shape index (κ2) is 8.39. The number of esters is 1. The van der Waals surface area contributed by atoms with E-state index in [2.05, 4.69) is 10.3 Å². The van der Waals surface area contributed by atoms with E-state index >= 15 is 0 Å². The summed E-state index contributed by atoms with van der Waals surface area (Å²) in [4.78, 5) is 15.8. The number of nitrogens with one attached hydrogen (secondary N) is 1. The summed E-state index contributed by atoms with van der Waals surface area (Å²) in [5, 5.41) is 3.20. The third-order valence-corrected chi connectivity index (χ3v) is 3.39. The second-order valence-electron chi connectivity index (χ2n) is 5.15. The van der Waals surface area contributed by atoms with Gasteiger partial charge in [-0.25, -0.2) is 4.39 Å². The minimum Gasteiger partial charge on any atom is -0.466 e. The lowest BCUT2D eigenvalue weighted by atomic mass is 9.99. The Labute approximate surface area is 135 Å². The van der Waals surface area contributed by atoms with Gasteiger partial charge in [-0.1, -0.05) is 13.0 Å². The molecule has 0 radical (unpaired) electrons. The van der Waals surface area contributed by atoms with Crippen LogP contribution in [0.1, 0.15) is 25.0 Å². The number of nitrogens with zero attached hydrogens (tertiary/aromatic N) is 1. The normalized spacial score (nSPS) is 10.6. The van der Waals surface area contributed by atoms with Gasteiger partial charge in [-0.15, -0.1) is 0 Å². The minimum absolute atomic E-state index is 0.179. The Morgan fingerprint density at radius 2 is 2.09 bits per heavy atom. The van der Waals surface area contributed by atoms with Crippen LogP contribution in [0.2, 0.25) is 0 Å². The molecule has 1 aromatic heterocycles. The predicted octanol–water partition coefficient (Wildman–Crippen LogP) is 3.10. The van der Waals surface area contributed by atoms with Gasteiger partial charge in [-0.05, 0) is 48.4 Å². The Balaban J connectivity index is 2.29. The van der Waals surface area contributed by atoms with Crippen LogP contribution in [0.25, 0.3) is 11.1 Å². The van der Waals surface area contributed by atoms with E-state index in [0.29, 0.717) is 13.2 Å². The summed E-state index contributed by atoms with van der Waals surface area (Å²) in [6, 6.07) is 6.60. The average Bonchev–Trinajstić information content (AvgIpc) is 2.53.